The number of pyridine rings is 1. The van der Waals surface area contributed by atoms with Crippen molar-refractivity contribution in [3.8, 4) is 0 Å². The lowest BCUT2D eigenvalue weighted by atomic mass is 9.77. The van der Waals surface area contributed by atoms with Crippen LogP contribution in [-0.2, 0) is 10.2 Å². The molecule has 2 amide bonds. The van der Waals surface area contributed by atoms with Gasteiger partial charge in [0, 0.05) is 43.3 Å². The van der Waals surface area contributed by atoms with E-state index in [9.17, 15) is 14.0 Å². The Labute approximate surface area is 199 Å². The standard InChI is InChI=1S/C27H29FN4O2/c1-32(26(34)27(14-2-3-15-27)21-8-10-22(28)11-9-21)18-24(29)19-4-6-20(7-5-19)25(33)31-23-12-16-30-17-13-23/h4-13,16-17,24H,2-3,14-15,18,29H2,1H3,(H,30,31,33). The molecule has 2 aromatic carbocycles. The summed E-state index contributed by atoms with van der Waals surface area (Å²) in [5.74, 6) is -0.515. The summed E-state index contributed by atoms with van der Waals surface area (Å²) in [5.41, 5.74) is 8.68. The van der Waals surface area contributed by atoms with Gasteiger partial charge >= 0.3 is 0 Å². The molecule has 4 rings (SSSR count). The van der Waals surface area contributed by atoms with Gasteiger partial charge in [-0.1, -0.05) is 37.1 Å². The maximum Gasteiger partial charge on any atom is 0.255 e. The Morgan fingerprint density at radius 2 is 1.65 bits per heavy atom. The Morgan fingerprint density at radius 1 is 1.03 bits per heavy atom. The summed E-state index contributed by atoms with van der Waals surface area (Å²) in [4.78, 5) is 31.6. The molecule has 7 heteroatoms. The van der Waals surface area contributed by atoms with Crippen LogP contribution in [0.15, 0.2) is 73.1 Å². The molecule has 176 valence electrons. The van der Waals surface area contributed by atoms with Crippen LogP contribution in [0.3, 0.4) is 0 Å². The second-order valence-electron chi connectivity index (χ2n) is 8.90. The number of hydrogen-bond donors (Lipinski definition) is 2. The molecule has 0 aliphatic heterocycles. The van der Waals surface area contributed by atoms with Gasteiger partial charge in [0.15, 0.2) is 0 Å². The number of nitrogens with two attached hydrogens (primary N) is 1. The smallest absolute Gasteiger partial charge is 0.255 e. The molecule has 1 fully saturated rings. The fourth-order valence-electron chi connectivity index (χ4n) is 4.74. The highest BCUT2D eigenvalue weighted by Crippen LogP contribution is 2.42. The van der Waals surface area contributed by atoms with Crippen LogP contribution < -0.4 is 11.1 Å². The average Bonchev–Trinajstić information content (AvgIpc) is 3.35. The quantitative estimate of drug-likeness (QED) is 0.546. The average molecular weight is 461 g/mol. The Kier molecular flexibility index (Phi) is 7.03. The SMILES string of the molecule is CN(CC(N)c1ccc(C(=O)Nc2ccncc2)cc1)C(=O)C1(c2ccc(F)cc2)CCCC1. The lowest BCUT2D eigenvalue weighted by Gasteiger charge is -2.34. The second-order valence-corrected chi connectivity index (χ2v) is 8.90. The van der Waals surface area contributed by atoms with Gasteiger partial charge in [-0.05, 0) is 60.4 Å². The lowest BCUT2D eigenvalue weighted by Crippen LogP contribution is -2.46. The molecular weight excluding hydrogens is 431 g/mol. The molecule has 3 N–H and O–H groups in total. The van der Waals surface area contributed by atoms with Gasteiger partial charge in [-0.2, -0.15) is 0 Å². The zero-order valence-corrected chi connectivity index (χ0v) is 19.2. The van der Waals surface area contributed by atoms with Crippen LogP contribution in [-0.4, -0.2) is 35.3 Å². The molecule has 0 bridgehead atoms. The molecule has 1 aliphatic rings. The molecule has 0 saturated heterocycles. The monoisotopic (exact) mass is 460 g/mol. The number of likely N-dealkylation sites (N-methyl/N-ethyl adjacent to an activating group) is 1. The van der Waals surface area contributed by atoms with Crippen LogP contribution in [0.2, 0.25) is 0 Å². The van der Waals surface area contributed by atoms with Crippen molar-refractivity contribution in [2.24, 2.45) is 5.73 Å². The summed E-state index contributed by atoms with van der Waals surface area (Å²) in [7, 11) is 1.77. The van der Waals surface area contributed by atoms with E-state index in [1.807, 2.05) is 12.1 Å². The highest BCUT2D eigenvalue weighted by molar-refractivity contribution is 6.04. The minimum atomic E-state index is -0.628. The van der Waals surface area contributed by atoms with Gasteiger partial charge in [-0.3, -0.25) is 14.6 Å². The maximum absolute atomic E-state index is 13.6. The van der Waals surface area contributed by atoms with Gasteiger partial charge in [0.05, 0.1) is 5.41 Å². The number of carbonyl (C=O) groups is 2. The van der Waals surface area contributed by atoms with E-state index in [0.717, 1.165) is 36.8 Å². The van der Waals surface area contributed by atoms with Gasteiger partial charge in [-0.25, -0.2) is 4.39 Å². The third-order valence-corrected chi connectivity index (χ3v) is 6.62. The number of carbonyl (C=O) groups excluding carboxylic acids is 2. The minimum absolute atomic E-state index is 0.0143. The third kappa shape index (κ3) is 4.99. The molecule has 1 aliphatic carbocycles. The van der Waals surface area contributed by atoms with Crippen molar-refractivity contribution in [3.63, 3.8) is 0 Å². The zero-order valence-electron chi connectivity index (χ0n) is 19.2. The third-order valence-electron chi connectivity index (χ3n) is 6.62. The van der Waals surface area contributed by atoms with Crippen molar-refractivity contribution >= 4 is 17.5 Å². The van der Waals surface area contributed by atoms with Gasteiger partial charge in [0.25, 0.3) is 5.91 Å². The highest BCUT2D eigenvalue weighted by Gasteiger charge is 2.44. The molecule has 1 aromatic heterocycles. The molecule has 0 radical (unpaired) electrons. The Bertz CT molecular complexity index is 1130. The number of nitrogens with one attached hydrogen (secondary N) is 1. The molecule has 3 aromatic rings. The Hall–Kier alpha value is -3.58. The normalized spacial score (nSPS) is 15.5. The van der Waals surface area contributed by atoms with E-state index < -0.39 is 11.5 Å². The summed E-state index contributed by atoms with van der Waals surface area (Å²) in [6.45, 7) is 0.338. The lowest BCUT2D eigenvalue weighted by molar-refractivity contribution is -0.136. The Morgan fingerprint density at radius 3 is 2.26 bits per heavy atom. The largest absolute Gasteiger partial charge is 0.343 e. The zero-order chi connectivity index (χ0) is 24.1. The summed E-state index contributed by atoms with van der Waals surface area (Å²) in [6.07, 6.45) is 6.65. The van der Waals surface area contributed by atoms with Crippen molar-refractivity contribution in [3.05, 3.63) is 95.6 Å². The van der Waals surface area contributed by atoms with Crippen LogP contribution >= 0.6 is 0 Å². The van der Waals surface area contributed by atoms with Crippen LogP contribution in [0.1, 0.15) is 53.2 Å². The first-order chi connectivity index (χ1) is 16.4. The van der Waals surface area contributed by atoms with Crippen molar-refractivity contribution in [1.29, 1.82) is 0 Å². The topological polar surface area (TPSA) is 88.3 Å². The fraction of sp³-hybridized carbons (Fsp3) is 0.296. The van der Waals surface area contributed by atoms with E-state index in [-0.39, 0.29) is 17.6 Å². The molecule has 1 heterocycles. The van der Waals surface area contributed by atoms with E-state index in [4.69, 9.17) is 5.73 Å². The molecular formula is C27H29FN4O2. The predicted octanol–water partition coefficient (Wildman–Crippen LogP) is 4.44. The van der Waals surface area contributed by atoms with E-state index in [0.29, 0.717) is 17.8 Å². The molecule has 1 atom stereocenters. The second kappa shape index (κ2) is 10.1. The molecule has 1 saturated carbocycles. The van der Waals surface area contributed by atoms with Crippen LogP contribution in [0.5, 0.6) is 0 Å². The van der Waals surface area contributed by atoms with Crippen LogP contribution in [0.25, 0.3) is 0 Å². The summed E-state index contributed by atoms with van der Waals surface area (Å²) < 4.78 is 13.5. The predicted molar refractivity (Wildman–Crippen MR) is 130 cm³/mol. The number of anilines is 1. The number of halogens is 1. The van der Waals surface area contributed by atoms with Crippen molar-refractivity contribution < 1.29 is 14.0 Å². The number of hydrogen-bond acceptors (Lipinski definition) is 4. The number of amides is 2. The van der Waals surface area contributed by atoms with E-state index in [2.05, 4.69) is 10.3 Å². The number of rotatable bonds is 7. The molecule has 1 unspecified atom stereocenters. The Balaban J connectivity index is 1.42. The van der Waals surface area contributed by atoms with E-state index in [1.54, 1.807) is 60.7 Å². The van der Waals surface area contributed by atoms with Gasteiger partial charge in [-0.15, -0.1) is 0 Å². The highest BCUT2D eigenvalue weighted by atomic mass is 19.1. The van der Waals surface area contributed by atoms with Crippen LogP contribution in [0, 0.1) is 5.82 Å². The molecule has 34 heavy (non-hydrogen) atoms. The first-order valence-electron chi connectivity index (χ1n) is 11.5. The summed E-state index contributed by atoms with van der Waals surface area (Å²) in [5, 5.41) is 2.82. The van der Waals surface area contributed by atoms with Crippen molar-refractivity contribution in [2.45, 2.75) is 37.1 Å². The van der Waals surface area contributed by atoms with Crippen molar-refractivity contribution in [1.82, 2.24) is 9.88 Å². The maximum atomic E-state index is 13.6. The summed E-state index contributed by atoms with van der Waals surface area (Å²) >= 11 is 0. The number of benzene rings is 2. The number of nitrogens with zero attached hydrogens (tertiary/aromatic N) is 2. The van der Waals surface area contributed by atoms with Crippen molar-refractivity contribution in [2.75, 3.05) is 18.9 Å². The van der Waals surface area contributed by atoms with E-state index >= 15 is 0 Å². The minimum Gasteiger partial charge on any atom is -0.343 e. The first-order valence-corrected chi connectivity index (χ1v) is 11.5. The van der Waals surface area contributed by atoms with Crippen LogP contribution in [0.4, 0.5) is 10.1 Å². The molecule has 6 nitrogen and oxygen atoms in total. The van der Waals surface area contributed by atoms with Gasteiger partial charge in [0.1, 0.15) is 5.82 Å². The first kappa shape index (κ1) is 23.6. The van der Waals surface area contributed by atoms with E-state index in [1.165, 1.54) is 12.1 Å². The fourth-order valence-corrected chi connectivity index (χ4v) is 4.74. The summed E-state index contributed by atoms with van der Waals surface area (Å²) in [6, 6.07) is 16.4. The van der Waals surface area contributed by atoms with Gasteiger partial charge in [0.2, 0.25) is 5.91 Å². The van der Waals surface area contributed by atoms with Gasteiger partial charge < -0.3 is 16.0 Å². The molecule has 0 spiro atoms. The number of aromatic nitrogens is 1.